The Balaban J connectivity index is 1.56. The molecule has 29 heavy (non-hydrogen) atoms. The van der Waals surface area contributed by atoms with Crippen molar-refractivity contribution in [1.29, 1.82) is 0 Å². The third-order valence-corrected chi connectivity index (χ3v) is 4.22. The van der Waals surface area contributed by atoms with Gasteiger partial charge in [-0.15, -0.1) is 0 Å². The second kappa shape index (κ2) is 9.05. The highest BCUT2D eigenvalue weighted by Gasteiger charge is 2.11. The van der Waals surface area contributed by atoms with Crippen LogP contribution >= 0.6 is 0 Å². The molecule has 0 radical (unpaired) electrons. The van der Waals surface area contributed by atoms with Crippen molar-refractivity contribution in [1.82, 2.24) is 5.32 Å². The lowest BCUT2D eigenvalue weighted by molar-refractivity contribution is 0.0952. The van der Waals surface area contributed by atoms with Crippen LogP contribution in [0.15, 0.2) is 66.7 Å². The number of halogens is 3. The molecular formula is C22H17F3N2O2. The SMILES string of the molecule is O=C(NCCc1ccccc1F)c1ccc(C(=O)Nc2ccc(F)c(F)c2)cc1. The van der Waals surface area contributed by atoms with Crippen molar-refractivity contribution in [2.45, 2.75) is 6.42 Å². The van der Waals surface area contributed by atoms with E-state index in [-0.39, 0.29) is 29.5 Å². The summed E-state index contributed by atoms with van der Waals surface area (Å²) < 4.78 is 39.7. The molecule has 7 heteroatoms. The second-order valence-electron chi connectivity index (χ2n) is 6.26. The lowest BCUT2D eigenvalue weighted by Gasteiger charge is -2.08. The molecule has 0 saturated heterocycles. The van der Waals surface area contributed by atoms with Gasteiger partial charge in [0.25, 0.3) is 11.8 Å². The van der Waals surface area contributed by atoms with Crippen molar-refractivity contribution in [2.24, 2.45) is 0 Å². The van der Waals surface area contributed by atoms with Crippen molar-refractivity contribution < 1.29 is 22.8 Å². The van der Waals surface area contributed by atoms with Crippen LogP contribution in [0.3, 0.4) is 0 Å². The molecule has 0 atom stereocenters. The number of hydrogen-bond donors (Lipinski definition) is 2. The highest BCUT2D eigenvalue weighted by molar-refractivity contribution is 6.05. The van der Waals surface area contributed by atoms with Crippen LogP contribution in [0, 0.1) is 17.5 Å². The van der Waals surface area contributed by atoms with Gasteiger partial charge in [-0.25, -0.2) is 13.2 Å². The van der Waals surface area contributed by atoms with E-state index >= 15 is 0 Å². The van der Waals surface area contributed by atoms with Crippen LogP contribution in [-0.4, -0.2) is 18.4 Å². The quantitative estimate of drug-likeness (QED) is 0.649. The van der Waals surface area contributed by atoms with Crippen molar-refractivity contribution in [3.05, 3.63) is 101 Å². The molecule has 0 aliphatic rings. The van der Waals surface area contributed by atoms with E-state index < -0.39 is 17.5 Å². The van der Waals surface area contributed by atoms with Crippen LogP contribution < -0.4 is 10.6 Å². The van der Waals surface area contributed by atoms with Crippen LogP contribution in [-0.2, 0) is 6.42 Å². The molecule has 0 unspecified atom stereocenters. The molecule has 0 heterocycles. The molecular weight excluding hydrogens is 381 g/mol. The molecule has 0 bridgehead atoms. The largest absolute Gasteiger partial charge is 0.352 e. The first-order valence-corrected chi connectivity index (χ1v) is 8.82. The highest BCUT2D eigenvalue weighted by atomic mass is 19.2. The van der Waals surface area contributed by atoms with Crippen LogP contribution in [0.5, 0.6) is 0 Å². The average molecular weight is 398 g/mol. The van der Waals surface area contributed by atoms with E-state index in [1.165, 1.54) is 36.4 Å². The van der Waals surface area contributed by atoms with Gasteiger partial charge >= 0.3 is 0 Å². The number of amides is 2. The van der Waals surface area contributed by atoms with Crippen molar-refractivity contribution in [2.75, 3.05) is 11.9 Å². The molecule has 0 spiro atoms. The number of anilines is 1. The average Bonchev–Trinajstić information content (AvgIpc) is 2.72. The van der Waals surface area contributed by atoms with Gasteiger partial charge < -0.3 is 10.6 Å². The molecule has 148 valence electrons. The predicted octanol–water partition coefficient (Wildman–Crippen LogP) is 4.33. The maximum absolute atomic E-state index is 13.6. The van der Waals surface area contributed by atoms with E-state index in [1.54, 1.807) is 18.2 Å². The summed E-state index contributed by atoms with van der Waals surface area (Å²) in [4.78, 5) is 24.4. The summed E-state index contributed by atoms with van der Waals surface area (Å²) in [6.07, 6.45) is 0.354. The van der Waals surface area contributed by atoms with Crippen LogP contribution in [0.1, 0.15) is 26.3 Å². The fourth-order valence-corrected chi connectivity index (χ4v) is 2.66. The number of nitrogens with one attached hydrogen (secondary N) is 2. The summed E-state index contributed by atoms with van der Waals surface area (Å²) in [5.74, 6) is -3.27. The summed E-state index contributed by atoms with van der Waals surface area (Å²) in [6.45, 7) is 0.262. The van der Waals surface area contributed by atoms with E-state index in [2.05, 4.69) is 10.6 Å². The summed E-state index contributed by atoms with van der Waals surface area (Å²) in [6, 6.07) is 15.2. The summed E-state index contributed by atoms with van der Waals surface area (Å²) >= 11 is 0. The minimum atomic E-state index is -1.06. The Bertz CT molecular complexity index is 1040. The van der Waals surface area contributed by atoms with Gasteiger partial charge in [-0.05, 0) is 54.4 Å². The van der Waals surface area contributed by atoms with Gasteiger partial charge in [-0.1, -0.05) is 18.2 Å². The van der Waals surface area contributed by atoms with E-state index in [9.17, 15) is 22.8 Å². The topological polar surface area (TPSA) is 58.2 Å². The molecule has 0 aliphatic carbocycles. The molecule has 2 amide bonds. The highest BCUT2D eigenvalue weighted by Crippen LogP contribution is 2.15. The van der Waals surface area contributed by atoms with Crippen LogP contribution in [0.25, 0.3) is 0 Å². The van der Waals surface area contributed by atoms with E-state index in [1.807, 2.05) is 0 Å². The Kier molecular flexibility index (Phi) is 6.29. The first-order chi connectivity index (χ1) is 13.9. The number of carbonyl (C=O) groups excluding carboxylic acids is 2. The van der Waals surface area contributed by atoms with Crippen molar-refractivity contribution >= 4 is 17.5 Å². The van der Waals surface area contributed by atoms with Gasteiger partial charge in [-0.3, -0.25) is 9.59 Å². The van der Waals surface area contributed by atoms with E-state index in [4.69, 9.17) is 0 Å². The van der Waals surface area contributed by atoms with E-state index in [0.29, 0.717) is 17.5 Å². The number of benzene rings is 3. The Morgan fingerprint density at radius 1 is 0.724 bits per heavy atom. The minimum absolute atomic E-state index is 0.115. The predicted molar refractivity (Wildman–Crippen MR) is 103 cm³/mol. The van der Waals surface area contributed by atoms with Crippen molar-refractivity contribution in [3.8, 4) is 0 Å². The zero-order valence-electron chi connectivity index (χ0n) is 15.2. The summed E-state index contributed by atoms with van der Waals surface area (Å²) in [7, 11) is 0. The second-order valence-corrected chi connectivity index (χ2v) is 6.26. The Hall–Kier alpha value is -3.61. The van der Waals surface area contributed by atoms with Crippen LogP contribution in [0.2, 0.25) is 0 Å². The standard InChI is InChI=1S/C22H17F3N2O2/c23-18-4-2-1-3-14(18)11-12-26-21(28)15-5-7-16(8-6-15)22(29)27-17-9-10-19(24)20(25)13-17/h1-10,13H,11-12H2,(H,26,28)(H,27,29). The van der Waals surface area contributed by atoms with Crippen LogP contribution in [0.4, 0.5) is 18.9 Å². The lowest BCUT2D eigenvalue weighted by Crippen LogP contribution is -2.26. The maximum atomic E-state index is 13.6. The van der Waals surface area contributed by atoms with Gasteiger partial charge in [-0.2, -0.15) is 0 Å². The van der Waals surface area contributed by atoms with Gasteiger partial charge in [0, 0.05) is 29.4 Å². The monoisotopic (exact) mass is 398 g/mol. The van der Waals surface area contributed by atoms with Gasteiger partial charge in [0.1, 0.15) is 5.82 Å². The molecule has 3 rings (SSSR count). The van der Waals surface area contributed by atoms with Gasteiger partial charge in [0.15, 0.2) is 11.6 Å². The molecule has 0 aromatic heterocycles. The number of rotatable bonds is 6. The minimum Gasteiger partial charge on any atom is -0.352 e. The lowest BCUT2D eigenvalue weighted by atomic mass is 10.1. The summed E-state index contributed by atoms with van der Waals surface area (Å²) in [5, 5.41) is 5.14. The maximum Gasteiger partial charge on any atom is 0.255 e. The molecule has 0 saturated carbocycles. The first-order valence-electron chi connectivity index (χ1n) is 8.82. The third kappa shape index (κ3) is 5.22. The zero-order valence-corrected chi connectivity index (χ0v) is 15.2. The van der Waals surface area contributed by atoms with E-state index in [0.717, 1.165) is 12.1 Å². The normalized spacial score (nSPS) is 10.4. The fraction of sp³-hybridized carbons (Fsp3) is 0.0909. The van der Waals surface area contributed by atoms with Gasteiger partial charge in [0.2, 0.25) is 0 Å². The molecule has 4 nitrogen and oxygen atoms in total. The molecule has 0 aliphatic heterocycles. The first kappa shape index (κ1) is 20.1. The molecule has 3 aromatic carbocycles. The Labute approximate surface area is 165 Å². The molecule has 2 N–H and O–H groups in total. The third-order valence-electron chi connectivity index (χ3n) is 4.22. The number of hydrogen-bond acceptors (Lipinski definition) is 2. The molecule has 3 aromatic rings. The Morgan fingerprint density at radius 3 is 2.03 bits per heavy atom. The zero-order chi connectivity index (χ0) is 20.8. The Morgan fingerprint density at radius 2 is 1.38 bits per heavy atom. The van der Waals surface area contributed by atoms with Gasteiger partial charge in [0.05, 0.1) is 0 Å². The fourth-order valence-electron chi connectivity index (χ4n) is 2.66. The number of carbonyl (C=O) groups is 2. The van der Waals surface area contributed by atoms with Crippen molar-refractivity contribution in [3.63, 3.8) is 0 Å². The summed E-state index contributed by atoms with van der Waals surface area (Å²) in [5.41, 5.74) is 1.21. The molecule has 0 fully saturated rings. The smallest absolute Gasteiger partial charge is 0.255 e.